The number of rotatable bonds is 4. The highest BCUT2D eigenvalue weighted by Gasteiger charge is 2.18. The van der Waals surface area contributed by atoms with E-state index in [-0.39, 0.29) is 0 Å². The molecule has 1 saturated carbocycles. The van der Waals surface area contributed by atoms with Crippen LogP contribution in [-0.2, 0) is 6.54 Å². The predicted octanol–water partition coefficient (Wildman–Crippen LogP) is 6.98. The molecule has 0 unspecified atom stereocenters. The van der Waals surface area contributed by atoms with E-state index in [0.29, 0.717) is 10.4 Å². The van der Waals surface area contributed by atoms with E-state index in [1.807, 2.05) is 6.20 Å². The minimum Gasteiger partial charge on any atom is -0.378 e. The summed E-state index contributed by atoms with van der Waals surface area (Å²) in [4.78, 5) is 5.19. The molecule has 1 aliphatic carbocycles. The Morgan fingerprint density at radius 1 is 1.18 bits per heavy atom. The highest BCUT2D eigenvalue weighted by Crippen LogP contribution is 2.39. The number of halogens is 3. The van der Waals surface area contributed by atoms with Gasteiger partial charge in [-0.2, -0.15) is 0 Å². The second-order valence-electron chi connectivity index (χ2n) is 5.63. The molecular weight excluding hydrogens is 448 g/mol. The molecule has 1 aromatic carbocycles. The van der Waals surface area contributed by atoms with E-state index in [1.54, 1.807) is 0 Å². The number of hydrogen-bond acceptors (Lipinski definition) is 3. The zero-order valence-corrected chi connectivity index (χ0v) is 16.8. The van der Waals surface area contributed by atoms with Crippen molar-refractivity contribution in [2.45, 2.75) is 44.6 Å². The third-order valence-electron chi connectivity index (χ3n) is 4.11. The van der Waals surface area contributed by atoms with E-state index in [0.717, 1.165) is 26.1 Å². The fourth-order valence-electron chi connectivity index (χ4n) is 2.97. The second kappa shape index (κ2) is 7.65. The van der Waals surface area contributed by atoms with Crippen molar-refractivity contribution in [3.05, 3.63) is 42.2 Å². The van der Waals surface area contributed by atoms with Crippen LogP contribution in [0.5, 0.6) is 0 Å². The lowest BCUT2D eigenvalue weighted by Crippen LogP contribution is -2.06. The van der Waals surface area contributed by atoms with Crippen molar-refractivity contribution in [3.8, 4) is 0 Å². The zero-order chi connectivity index (χ0) is 15.5. The second-order valence-corrected chi connectivity index (χ2v) is 9.03. The van der Waals surface area contributed by atoms with Crippen LogP contribution >= 0.6 is 54.8 Å². The molecule has 1 fully saturated rings. The predicted molar refractivity (Wildman–Crippen MR) is 102 cm³/mol. The molecule has 3 rings (SSSR count). The standard InChI is InChI=1S/C16H17Br2ClN2S/c17-13-6-11(10-4-2-1-3-5-10)7-14(18)15(13)20-8-12-9-21-16(19)22-12/h6-7,9-10,20H,1-5,8H2. The molecule has 1 aromatic heterocycles. The normalized spacial score (nSPS) is 16.0. The smallest absolute Gasteiger partial charge is 0.183 e. The fourth-order valence-corrected chi connectivity index (χ4v) is 5.39. The van der Waals surface area contributed by atoms with Gasteiger partial charge >= 0.3 is 0 Å². The largest absolute Gasteiger partial charge is 0.378 e. The Labute approximate surface area is 156 Å². The van der Waals surface area contributed by atoms with Gasteiger partial charge in [-0.15, -0.1) is 11.3 Å². The minimum absolute atomic E-state index is 0.586. The molecule has 0 atom stereocenters. The van der Waals surface area contributed by atoms with E-state index >= 15 is 0 Å². The molecule has 1 N–H and O–H groups in total. The molecule has 1 heterocycles. The maximum atomic E-state index is 5.87. The number of hydrogen-bond donors (Lipinski definition) is 1. The quantitative estimate of drug-likeness (QED) is 0.528. The van der Waals surface area contributed by atoms with Gasteiger partial charge in [0.25, 0.3) is 0 Å². The van der Waals surface area contributed by atoms with Crippen molar-refractivity contribution in [2.75, 3.05) is 5.32 Å². The van der Waals surface area contributed by atoms with Crippen molar-refractivity contribution in [1.29, 1.82) is 0 Å². The van der Waals surface area contributed by atoms with E-state index < -0.39 is 0 Å². The summed E-state index contributed by atoms with van der Waals surface area (Å²) in [5.41, 5.74) is 2.52. The molecule has 6 heteroatoms. The van der Waals surface area contributed by atoms with Crippen LogP contribution in [0.2, 0.25) is 4.47 Å². The van der Waals surface area contributed by atoms with E-state index in [4.69, 9.17) is 11.6 Å². The Balaban J connectivity index is 1.74. The number of nitrogens with one attached hydrogen (secondary N) is 1. The average molecular weight is 465 g/mol. The van der Waals surface area contributed by atoms with Crippen molar-refractivity contribution < 1.29 is 0 Å². The lowest BCUT2D eigenvalue weighted by atomic mass is 9.84. The van der Waals surface area contributed by atoms with Gasteiger partial charge in [-0.05, 0) is 68.3 Å². The molecule has 0 aliphatic heterocycles. The highest BCUT2D eigenvalue weighted by molar-refractivity contribution is 9.11. The first-order valence-corrected chi connectivity index (χ1v) is 10.2. The summed E-state index contributed by atoms with van der Waals surface area (Å²) >= 11 is 14.8. The van der Waals surface area contributed by atoms with Crippen LogP contribution < -0.4 is 5.32 Å². The van der Waals surface area contributed by atoms with E-state index in [1.165, 1.54) is 49.0 Å². The summed E-state index contributed by atoms with van der Waals surface area (Å²) in [6.07, 6.45) is 8.53. The van der Waals surface area contributed by atoms with Crippen LogP contribution in [0.15, 0.2) is 27.3 Å². The molecule has 2 nitrogen and oxygen atoms in total. The fraction of sp³-hybridized carbons (Fsp3) is 0.438. The Hall–Kier alpha value is -0.100. The average Bonchev–Trinajstić information content (AvgIpc) is 2.93. The van der Waals surface area contributed by atoms with Crippen LogP contribution in [-0.4, -0.2) is 4.98 Å². The lowest BCUT2D eigenvalue weighted by molar-refractivity contribution is 0.443. The molecule has 0 spiro atoms. The van der Waals surface area contributed by atoms with Gasteiger partial charge in [0.1, 0.15) is 0 Å². The van der Waals surface area contributed by atoms with Crippen LogP contribution in [0.4, 0.5) is 5.69 Å². The molecule has 22 heavy (non-hydrogen) atoms. The van der Waals surface area contributed by atoms with E-state index in [9.17, 15) is 0 Å². The number of anilines is 1. The SMILES string of the molecule is Clc1ncc(CNc2c(Br)cc(C3CCCCC3)cc2Br)s1. The molecule has 0 radical (unpaired) electrons. The maximum absolute atomic E-state index is 5.87. The summed E-state index contributed by atoms with van der Waals surface area (Å²) in [7, 11) is 0. The Kier molecular flexibility index (Phi) is 5.82. The van der Waals surface area contributed by atoms with Gasteiger partial charge in [-0.25, -0.2) is 4.98 Å². The Morgan fingerprint density at radius 2 is 1.86 bits per heavy atom. The lowest BCUT2D eigenvalue weighted by Gasteiger charge is -2.23. The van der Waals surface area contributed by atoms with Gasteiger partial charge in [0.2, 0.25) is 0 Å². The molecular formula is C16H17Br2ClN2S. The van der Waals surface area contributed by atoms with Crippen molar-refractivity contribution in [1.82, 2.24) is 4.98 Å². The third-order valence-corrected chi connectivity index (χ3v) is 6.47. The van der Waals surface area contributed by atoms with Crippen molar-refractivity contribution in [3.63, 3.8) is 0 Å². The van der Waals surface area contributed by atoms with Crippen LogP contribution in [0.25, 0.3) is 0 Å². The van der Waals surface area contributed by atoms with Crippen molar-refractivity contribution in [2.24, 2.45) is 0 Å². The summed E-state index contributed by atoms with van der Waals surface area (Å²) < 4.78 is 2.80. The van der Waals surface area contributed by atoms with E-state index in [2.05, 4.69) is 54.3 Å². The van der Waals surface area contributed by atoms with Crippen LogP contribution in [0.3, 0.4) is 0 Å². The Bertz CT molecular complexity index is 630. The van der Waals surface area contributed by atoms with Gasteiger partial charge in [0.15, 0.2) is 4.47 Å². The molecule has 0 amide bonds. The molecule has 0 saturated heterocycles. The molecule has 2 aromatic rings. The first kappa shape index (κ1) is 16.7. The highest BCUT2D eigenvalue weighted by atomic mass is 79.9. The Morgan fingerprint density at radius 3 is 2.45 bits per heavy atom. The molecule has 1 aliphatic rings. The third kappa shape index (κ3) is 4.05. The van der Waals surface area contributed by atoms with Gasteiger partial charge in [0, 0.05) is 20.0 Å². The van der Waals surface area contributed by atoms with Gasteiger partial charge in [-0.3, -0.25) is 0 Å². The van der Waals surface area contributed by atoms with Crippen molar-refractivity contribution >= 4 is 60.5 Å². The molecule has 0 bridgehead atoms. The number of thiazole rings is 1. The first-order chi connectivity index (χ1) is 10.6. The number of aromatic nitrogens is 1. The van der Waals surface area contributed by atoms with Gasteiger partial charge in [0.05, 0.1) is 12.2 Å². The summed E-state index contributed by atoms with van der Waals surface area (Å²) in [5, 5.41) is 3.46. The zero-order valence-electron chi connectivity index (χ0n) is 12.0. The number of benzene rings is 1. The summed E-state index contributed by atoms with van der Waals surface area (Å²) in [6.45, 7) is 0.727. The summed E-state index contributed by atoms with van der Waals surface area (Å²) in [6, 6.07) is 4.53. The number of nitrogens with zero attached hydrogens (tertiary/aromatic N) is 1. The van der Waals surface area contributed by atoms with Crippen LogP contribution in [0, 0.1) is 0 Å². The monoisotopic (exact) mass is 462 g/mol. The maximum Gasteiger partial charge on any atom is 0.183 e. The minimum atomic E-state index is 0.586. The topological polar surface area (TPSA) is 24.9 Å². The van der Waals surface area contributed by atoms with Crippen LogP contribution in [0.1, 0.15) is 48.5 Å². The van der Waals surface area contributed by atoms with Gasteiger partial charge in [-0.1, -0.05) is 30.9 Å². The van der Waals surface area contributed by atoms with Gasteiger partial charge < -0.3 is 5.32 Å². The first-order valence-electron chi connectivity index (χ1n) is 7.46. The summed E-state index contributed by atoms with van der Waals surface area (Å²) in [5.74, 6) is 0.704. The molecule has 118 valence electrons.